The smallest absolute Gasteiger partial charge is 0.407 e. The number of rotatable bonds is 4. The first-order valence-electron chi connectivity index (χ1n) is 8.39. The summed E-state index contributed by atoms with van der Waals surface area (Å²) in [5.41, 5.74) is -0.561. The molecular formula is C16H28FN3O3. The molecule has 2 atom stereocenters. The number of nitrogens with one attached hydrogen (secondary N) is 1. The van der Waals surface area contributed by atoms with E-state index in [0.29, 0.717) is 13.0 Å². The molecule has 2 aliphatic rings. The molecule has 2 fully saturated rings. The molecule has 132 valence electrons. The summed E-state index contributed by atoms with van der Waals surface area (Å²) < 4.78 is 19.3. The molecule has 23 heavy (non-hydrogen) atoms. The number of halogens is 1. The molecule has 2 aliphatic heterocycles. The van der Waals surface area contributed by atoms with Crippen LogP contribution < -0.4 is 5.32 Å². The Morgan fingerprint density at radius 2 is 1.96 bits per heavy atom. The van der Waals surface area contributed by atoms with Crippen molar-refractivity contribution in [3.8, 4) is 0 Å². The standard InChI is InChI=1S/C16H28FN3O3/c1-16(2,3)23-15(22)18-7-5-14(21)20-10-6-13(12(17)11-20)19-8-4-9-19/h12-13H,4-11H2,1-3H3,(H,18,22)/t12-,13-/m1/s1. The second-order valence-corrected chi connectivity index (χ2v) is 7.28. The summed E-state index contributed by atoms with van der Waals surface area (Å²) in [5.74, 6) is -0.120. The fourth-order valence-corrected chi connectivity index (χ4v) is 2.95. The van der Waals surface area contributed by atoms with Gasteiger partial charge < -0.3 is 15.0 Å². The molecule has 0 aromatic rings. The molecule has 0 saturated carbocycles. The number of likely N-dealkylation sites (tertiary alicyclic amines) is 2. The molecule has 0 spiro atoms. The largest absolute Gasteiger partial charge is 0.444 e. The highest BCUT2D eigenvalue weighted by molar-refractivity contribution is 5.77. The molecule has 1 N–H and O–H groups in total. The Kier molecular flexibility index (Phi) is 5.84. The van der Waals surface area contributed by atoms with Crippen LogP contribution in [0.15, 0.2) is 0 Å². The molecular weight excluding hydrogens is 301 g/mol. The maximum atomic E-state index is 14.2. The van der Waals surface area contributed by atoms with E-state index in [2.05, 4.69) is 10.2 Å². The SMILES string of the molecule is CC(C)(C)OC(=O)NCCC(=O)N1CC[C@@H](N2CCC2)[C@H](F)C1. The molecule has 2 heterocycles. The molecule has 0 aromatic carbocycles. The summed E-state index contributed by atoms with van der Waals surface area (Å²) in [7, 11) is 0. The highest BCUT2D eigenvalue weighted by atomic mass is 19.1. The van der Waals surface area contributed by atoms with Gasteiger partial charge in [0.15, 0.2) is 0 Å². The number of hydrogen-bond donors (Lipinski definition) is 1. The first kappa shape index (κ1) is 18.0. The van der Waals surface area contributed by atoms with Crippen molar-refractivity contribution in [2.75, 3.05) is 32.7 Å². The lowest BCUT2D eigenvalue weighted by Gasteiger charge is -2.44. The van der Waals surface area contributed by atoms with E-state index in [9.17, 15) is 14.0 Å². The zero-order chi connectivity index (χ0) is 17.0. The van der Waals surface area contributed by atoms with Crippen molar-refractivity contribution in [3.05, 3.63) is 0 Å². The van der Waals surface area contributed by atoms with Crippen molar-refractivity contribution in [1.82, 2.24) is 15.1 Å². The van der Waals surface area contributed by atoms with Crippen LogP contribution >= 0.6 is 0 Å². The number of carbonyl (C=O) groups is 2. The second kappa shape index (κ2) is 7.47. The summed E-state index contributed by atoms with van der Waals surface area (Å²) >= 11 is 0. The summed E-state index contributed by atoms with van der Waals surface area (Å²) in [4.78, 5) is 27.4. The van der Waals surface area contributed by atoms with Gasteiger partial charge in [0.25, 0.3) is 0 Å². The summed E-state index contributed by atoms with van der Waals surface area (Å²) in [6.45, 7) is 8.23. The van der Waals surface area contributed by atoms with Crippen LogP contribution in [0.2, 0.25) is 0 Å². The minimum atomic E-state index is -0.980. The maximum Gasteiger partial charge on any atom is 0.407 e. The third-order valence-electron chi connectivity index (χ3n) is 4.23. The van der Waals surface area contributed by atoms with Crippen molar-refractivity contribution in [2.24, 2.45) is 0 Å². The number of piperidine rings is 1. The predicted octanol–water partition coefficient (Wildman–Crippen LogP) is 1.55. The Labute approximate surface area is 137 Å². The Balaban J connectivity index is 1.67. The molecule has 0 aromatic heterocycles. The van der Waals surface area contributed by atoms with E-state index in [0.717, 1.165) is 19.5 Å². The number of carbonyl (C=O) groups excluding carboxylic acids is 2. The van der Waals surface area contributed by atoms with Gasteiger partial charge in [0.05, 0.1) is 6.54 Å². The van der Waals surface area contributed by atoms with Crippen LogP contribution in [0.3, 0.4) is 0 Å². The lowest BCUT2D eigenvalue weighted by molar-refractivity contribution is -0.135. The minimum absolute atomic E-state index is 0.0345. The molecule has 6 nitrogen and oxygen atoms in total. The van der Waals surface area contributed by atoms with Gasteiger partial charge in [0.1, 0.15) is 11.8 Å². The molecule has 0 unspecified atom stereocenters. The van der Waals surface area contributed by atoms with Crippen molar-refractivity contribution in [2.45, 2.75) is 57.8 Å². The number of amides is 2. The van der Waals surface area contributed by atoms with Gasteiger partial charge in [-0.2, -0.15) is 0 Å². The van der Waals surface area contributed by atoms with E-state index < -0.39 is 17.9 Å². The molecule has 0 bridgehead atoms. The highest BCUT2D eigenvalue weighted by Gasteiger charge is 2.36. The molecule has 2 rings (SSSR count). The van der Waals surface area contributed by atoms with Crippen LogP contribution in [-0.2, 0) is 9.53 Å². The lowest BCUT2D eigenvalue weighted by Crippen LogP contribution is -2.57. The maximum absolute atomic E-state index is 14.2. The number of alkyl carbamates (subject to hydrolysis) is 1. The van der Waals surface area contributed by atoms with Gasteiger partial charge in [-0.3, -0.25) is 9.69 Å². The van der Waals surface area contributed by atoms with Crippen LogP contribution in [0.1, 0.15) is 40.0 Å². The quantitative estimate of drug-likeness (QED) is 0.850. The van der Waals surface area contributed by atoms with Gasteiger partial charge in [-0.05, 0) is 46.7 Å². The minimum Gasteiger partial charge on any atom is -0.444 e. The van der Waals surface area contributed by atoms with Crippen LogP contribution in [0, 0.1) is 0 Å². The van der Waals surface area contributed by atoms with E-state index in [1.54, 1.807) is 25.7 Å². The molecule has 7 heteroatoms. The van der Waals surface area contributed by atoms with E-state index in [1.165, 1.54) is 0 Å². The van der Waals surface area contributed by atoms with Crippen molar-refractivity contribution in [3.63, 3.8) is 0 Å². The van der Waals surface area contributed by atoms with Gasteiger partial charge >= 0.3 is 6.09 Å². The average Bonchev–Trinajstić information content (AvgIpc) is 2.36. The van der Waals surface area contributed by atoms with Crippen molar-refractivity contribution >= 4 is 12.0 Å². The van der Waals surface area contributed by atoms with Gasteiger partial charge in [0, 0.05) is 25.6 Å². The van der Waals surface area contributed by atoms with Crippen molar-refractivity contribution in [1.29, 1.82) is 0 Å². The number of hydrogen-bond acceptors (Lipinski definition) is 4. The number of nitrogens with zero attached hydrogens (tertiary/aromatic N) is 2. The Bertz CT molecular complexity index is 435. The van der Waals surface area contributed by atoms with Gasteiger partial charge in [0.2, 0.25) is 5.91 Å². The Morgan fingerprint density at radius 3 is 2.48 bits per heavy atom. The van der Waals surface area contributed by atoms with Crippen LogP contribution in [0.5, 0.6) is 0 Å². The van der Waals surface area contributed by atoms with Gasteiger partial charge in [-0.1, -0.05) is 0 Å². The zero-order valence-electron chi connectivity index (χ0n) is 14.3. The number of ether oxygens (including phenoxy) is 1. The fourth-order valence-electron chi connectivity index (χ4n) is 2.95. The Morgan fingerprint density at radius 1 is 1.26 bits per heavy atom. The lowest BCUT2D eigenvalue weighted by atomic mass is 9.98. The highest BCUT2D eigenvalue weighted by Crippen LogP contribution is 2.24. The third-order valence-corrected chi connectivity index (χ3v) is 4.23. The molecule has 0 aliphatic carbocycles. The van der Waals surface area contributed by atoms with Crippen LogP contribution in [0.4, 0.5) is 9.18 Å². The summed E-state index contributed by atoms with van der Waals surface area (Å²) in [5, 5.41) is 2.56. The second-order valence-electron chi connectivity index (χ2n) is 7.28. The van der Waals surface area contributed by atoms with E-state index in [4.69, 9.17) is 4.74 Å². The topological polar surface area (TPSA) is 61.9 Å². The molecule has 0 radical (unpaired) electrons. The summed E-state index contributed by atoms with van der Waals surface area (Å²) in [6.07, 6.45) is 0.478. The van der Waals surface area contributed by atoms with E-state index >= 15 is 0 Å². The van der Waals surface area contributed by atoms with Gasteiger partial charge in [-0.25, -0.2) is 9.18 Å². The third kappa shape index (κ3) is 5.34. The molecule has 2 saturated heterocycles. The Hall–Kier alpha value is -1.37. The average molecular weight is 329 g/mol. The number of alkyl halides is 1. The van der Waals surface area contributed by atoms with Crippen molar-refractivity contribution < 1.29 is 18.7 Å². The van der Waals surface area contributed by atoms with Crippen LogP contribution in [0.25, 0.3) is 0 Å². The predicted molar refractivity (Wildman–Crippen MR) is 84.9 cm³/mol. The monoisotopic (exact) mass is 329 g/mol. The van der Waals surface area contributed by atoms with Gasteiger partial charge in [-0.15, -0.1) is 0 Å². The molecule has 2 amide bonds. The summed E-state index contributed by atoms with van der Waals surface area (Å²) in [6, 6.07) is -0.0345. The first-order valence-corrected chi connectivity index (χ1v) is 8.39. The van der Waals surface area contributed by atoms with E-state index in [1.807, 2.05) is 0 Å². The zero-order valence-corrected chi connectivity index (χ0v) is 14.3. The van der Waals surface area contributed by atoms with Crippen LogP contribution in [-0.4, -0.2) is 72.3 Å². The fraction of sp³-hybridized carbons (Fsp3) is 0.875. The normalized spacial score (nSPS) is 25.7. The van der Waals surface area contributed by atoms with E-state index in [-0.39, 0.29) is 31.5 Å². The first-order chi connectivity index (χ1) is 10.8.